The van der Waals surface area contributed by atoms with E-state index in [1.165, 1.54) is 12.3 Å². The Morgan fingerprint density at radius 1 is 1.00 bits per heavy atom. The minimum absolute atomic E-state index is 0.231. The third kappa shape index (κ3) is 2.42. The standard InChI is InChI=1S/C29H27N2O/c1-16-9-10-19-22-13-23-21(20-8-7-11-30-28(20)29(23,4)5)14-25(22)32-27(19)26(16)24-12-17(2)18(3)15-31(24)6/h7-15H,1-6H3/q+1/i2D3,3D3,4D3. The van der Waals surface area contributed by atoms with E-state index in [9.17, 15) is 0 Å². The highest BCUT2D eigenvalue weighted by Gasteiger charge is 2.37. The number of pyridine rings is 2. The summed E-state index contributed by atoms with van der Waals surface area (Å²) in [5.74, 6) is 0. The average Bonchev–Trinajstić information content (AvgIpc) is 3.35. The molecule has 0 radical (unpaired) electrons. The Morgan fingerprint density at radius 2 is 1.88 bits per heavy atom. The molecule has 0 amide bonds. The second-order valence-corrected chi connectivity index (χ2v) is 8.75. The van der Waals surface area contributed by atoms with Crippen LogP contribution in [-0.2, 0) is 12.5 Å². The van der Waals surface area contributed by atoms with Crippen molar-refractivity contribution in [2.75, 3.05) is 0 Å². The average molecular weight is 429 g/mol. The quantitative estimate of drug-likeness (QED) is 0.278. The van der Waals surface area contributed by atoms with Crippen LogP contribution in [0.25, 0.3) is 44.3 Å². The molecule has 5 aromatic rings. The van der Waals surface area contributed by atoms with Crippen LogP contribution in [0.5, 0.6) is 0 Å². The molecule has 0 fully saturated rings. The molecule has 0 saturated carbocycles. The summed E-state index contributed by atoms with van der Waals surface area (Å²) in [5, 5.41) is 1.46. The van der Waals surface area contributed by atoms with Gasteiger partial charge in [-0.3, -0.25) is 4.98 Å². The molecule has 3 nitrogen and oxygen atoms in total. The van der Waals surface area contributed by atoms with Crippen molar-refractivity contribution in [1.29, 1.82) is 0 Å². The Kier molecular flexibility index (Phi) is 2.35. The summed E-state index contributed by atoms with van der Waals surface area (Å²) in [6.45, 7) is -4.04. The van der Waals surface area contributed by atoms with Crippen LogP contribution in [0.1, 0.15) is 54.1 Å². The van der Waals surface area contributed by atoms with Gasteiger partial charge in [0, 0.05) is 51.9 Å². The number of benzene rings is 2. The van der Waals surface area contributed by atoms with E-state index in [-0.39, 0.29) is 11.1 Å². The van der Waals surface area contributed by atoms with E-state index in [0.29, 0.717) is 33.7 Å². The van der Waals surface area contributed by atoms with Gasteiger partial charge >= 0.3 is 0 Å². The Morgan fingerprint density at radius 3 is 2.69 bits per heavy atom. The molecule has 1 aliphatic carbocycles. The number of aryl methyl sites for hydroxylation is 4. The van der Waals surface area contributed by atoms with E-state index in [2.05, 4.69) is 4.98 Å². The number of fused-ring (bicyclic) bond motifs is 6. The largest absolute Gasteiger partial charge is 0.455 e. The Balaban J connectivity index is 1.67. The summed E-state index contributed by atoms with van der Waals surface area (Å²) in [6, 6.07) is 12.6. The SMILES string of the molecule is [2H]C([2H])([2H])c1cc(-c2c(C)ccc3c2oc2cc4c(cc23)C(C)(C([2H])([2H])[2H])c2ncccc2-4)[n+](C)cc1C([2H])([2H])[2H]. The zero-order valence-electron chi connectivity index (χ0n) is 27.0. The minimum Gasteiger partial charge on any atom is -0.455 e. The molecule has 0 saturated heterocycles. The molecule has 3 heterocycles. The van der Waals surface area contributed by atoms with E-state index in [1.807, 2.05) is 37.3 Å². The maximum Gasteiger partial charge on any atom is 0.216 e. The lowest BCUT2D eigenvalue weighted by molar-refractivity contribution is -0.660. The van der Waals surface area contributed by atoms with Gasteiger partial charge in [0.05, 0.1) is 11.3 Å². The van der Waals surface area contributed by atoms with Crippen molar-refractivity contribution < 1.29 is 21.3 Å². The summed E-state index contributed by atoms with van der Waals surface area (Å²) in [4.78, 5) is 4.48. The van der Waals surface area contributed by atoms with E-state index in [4.69, 9.17) is 16.8 Å². The van der Waals surface area contributed by atoms with Gasteiger partial charge in [0.15, 0.2) is 6.20 Å². The molecule has 2 aromatic carbocycles. The maximum absolute atomic E-state index is 8.43. The van der Waals surface area contributed by atoms with Crippen LogP contribution >= 0.6 is 0 Å². The maximum atomic E-state index is 8.43. The van der Waals surface area contributed by atoms with Crippen molar-refractivity contribution in [3.63, 3.8) is 0 Å². The van der Waals surface area contributed by atoms with Gasteiger partial charge in [-0.25, -0.2) is 4.57 Å². The number of hydrogen-bond acceptors (Lipinski definition) is 2. The van der Waals surface area contributed by atoms with E-state index in [0.717, 1.165) is 27.5 Å². The zero-order valence-corrected chi connectivity index (χ0v) is 18.0. The van der Waals surface area contributed by atoms with Gasteiger partial charge in [-0.15, -0.1) is 0 Å². The first kappa shape index (κ1) is 12.0. The summed E-state index contributed by atoms with van der Waals surface area (Å²) in [5.41, 5.74) is 3.81. The van der Waals surface area contributed by atoms with Crippen LogP contribution in [0.4, 0.5) is 0 Å². The number of aromatic nitrogens is 2. The van der Waals surface area contributed by atoms with Crippen molar-refractivity contribution in [2.45, 2.75) is 39.8 Å². The van der Waals surface area contributed by atoms with Gasteiger partial charge in [0.2, 0.25) is 5.69 Å². The number of nitrogens with zero attached hydrogens (tertiary/aromatic N) is 2. The fraction of sp³-hybridized carbons (Fsp3) is 0.241. The van der Waals surface area contributed by atoms with Gasteiger partial charge < -0.3 is 4.42 Å². The van der Waals surface area contributed by atoms with Crippen LogP contribution in [0.3, 0.4) is 0 Å². The fourth-order valence-electron chi connectivity index (χ4n) is 4.98. The molecule has 0 spiro atoms. The lowest BCUT2D eigenvalue weighted by atomic mass is 9.84. The van der Waals surface area contributed by atoms with Gasteiger partial charge in [-0.1, -0.05) is 32.0 Å². The van der Waals surface area contributed by atoms with Crippen LogP contribution < -0.4 is 4.57 Å². The van der Waals surface area contributed by atoms with Gasteiger partial charge in [0.25, 0.3) is 0 Å². The highest BCUT2D eigenvalue weighted by Crippen LogP contribution is 2.50. The normalized spacial score (nSPS) is 22.5. The molecule has 0 aliphatic heterocycles. The molecule has 1 aliphatic rings. The number of hydrogen-bond donors (Lipinski definition) is 0. The van der Waals surface area contributed by atoms with E-state index in [1.54, 1.807) is 30.8 Å². The van der Waals surface area contributed by atoms with Gasteiger partial charge in [0.1, 0.15) is 18.2 Å². The minimum atomic E-state index is -2.65. The molecule has 1 unspecified atom stereocenters. The summed E-state index contributed by atoms with van der Waals surface area (Å²) in [7, 11) is 1.68. The third-order valence-electron chi connectivity index (χ3n) is 6.63. The monoisotopic (exact) mass is 428 g/mol. The highest BCUT2D eigenvalue weighted by molar-refractivity contribution is 6.11. The Labute approximate surface area is 201 Å². The van der Waals surface area contributed by atoms with Gasteiger partial charge in [-0.2, -0.15) is 0 Å². The number of rotatable bonds is 1. The highest BCUT2D eigenvalue weighted by atomic mass is 16.3. The van der Waals surface area contributed by atoms with Crippen molar-refractivity contribution in [2.24, 2.45) is 7.05 Å². The fourth-order valence-corrected chi connectivity index (χ4v) is 4.98. The Bertz CT molecular complexity index is 1900. The smallest absolute Gasteiger partial charge is 0.216 e. The van der Waals surface area contributed by atoms with Crippen LogP contribution in [0, 0.1) is 20.6 Å². The Hall–Kier alpha value is -3.46. The van der Waals surface area contributed by atoms with Crippen molar-refractivity contribution in [3.8, 4) is 22.4 Å². The van der Waals surface area contributed by atoms with Crippen molar-refractivity contribution in [3.05, 3.63) is 82.8 Å². The lowest BCUT2D eigenvalue weighted by Crippen LogP contribution is -2.31. The lowest BCUT2D eigenvalue weighted by Gasteiger charge is -2.19. The number of furan rings is 1. The van der Waals surface area contributed by atoms with Crippen LogP contribution in [-0.4, -0.2) is 4.98 Å². The molecule has 3 aromatic heterocycles. The van der Waals surface area contributed by atoms with E-state index >= 15 is 0 Å². The molecular weight excluding hydrogens is 392 g/mol. The molecule has 0 bridgehead atoms. The van der Waals surface area contributed by atoms with Gasteiger partial charge in [-0.05, 0) is 61.1 Å². The molecule has 0 N–H and O–H groups in total. The predicted octanol–water partition coefficient (Wildman–Crippen LogP) is 6.70. The summed E-state index contributed by atoms with van der Waals surface area (Å²) < 4.78 is 81.3. The van der Waals surface area contributed by atoms with Crippen molar-refractivity contribution in [1.82, 2.24) is 4.98 Å². The predicted molar refractivity (Wildman–Crippen MR) is 130 cm³/mol. The second kappa shape index (κ2) is 6.29. The topological polar surface area (TPSA) is 29.9 Å². The molecule has 158 valence electrons. The first-order chi connectivity index (χ1) is 18.9. The zero-order chi connectivity index (χ0) is 29.9. The third-order valence-corrected chi connectivity index (χ3v) is 6.63. The molecule has 3 heteroatoms. The van der Waals surface area contributed by atoms with Crippen molar-refractivity contribution >= 4 is 21.9 Å². The summed E-state index contributed by atoms with van der Waals surface area (Å²) in [6.07, 6.45) is 2.96. The first-order valence-electron chi connectivity index (χ1n) is 15.0. The van der Waals surface area contributed by atoms with Crippen LogP contribution in [0.2, 0.25) is 0 Å². The molecular formula is C29H27N2O+. The van der Waals surface area contributed by atoms with Crippen LogP contribution in [0.15, 0.2) is 59.3 Å². The van der Waals surface area contributed by atoms with E-state index < -0.39 is 26.0 Å². The molecule has 1 atom stereocenters. The summed E-state index contributed by atoms with van der Waals surface area (Å²) >= 11 is 0. The molecule has 6 rings (SSSR count). The molecule has 32 heavy (non-hydrogen) atoms. The second-order valence-electron chi connectivity index (χ2n) is 8.75. The first-order valence-corrected chi connectivity index (χ1v) is 10.5.